The molecule has 3 N–H and O–H groups in total. The third-order valence-corrected chi connectivity index (χ3v) is 9.41. The molecule has 0 radical (unpaired) electrons. The van der Waals surface area contributed by atoms with Crippen LogP contribution in [0.1, 0.15) is 22.3 Å². The standard InChI is InChI=1S/C31H26F4N2O7S/c1-44-25-15-24(32)22(17-7-5-16(6-8-17)11-26(38)39)14-23(25)29(40)37-28-19-10-9-18(12-19)27(28)30(41)36-20-3-2-4-21(13-20)45(42,43)31(33,34)35/h2-10,13-15,18-19,27-28H,11-12H2,1H3,(H,36,41)(H,37,40)(H,38,39). The van der Waals surface area contributed by atoms with Crippen LogP contribution in [0.15, 0.2) is 77.7 Å². The number of hydrogen-bond acceptors (Lipinski definition) is 6. The molecule has 14 heteroatoms. The molecule has 2 aliphatic carbocycles. The van der Waals surface area contributed by atoms with Crippen LogP contribution >= 0.6 is 0 Å². The second-order valence-corrected chi connectivity index (χ2v) is 12.7. The van der Waals surface area contributed by atoms with E-state index in [1.54, 1.807) is 0 Å². The van der Waals surface area contributed by atoms with Gasteiger partial charge in [-0.05, 0) is 53.6 Å². The number of amides is 2. The number of benzene rings is 3. The lowest BCUT2D eigenvalue weighted by Crippen LogP contribution is -2.47. The number of carboxylic acid groups (broad SMARTS) is 1. The predicted octanol–water partition coefficient (Wildman–Crippen LogP) is 4.98. The van der Waals surface area contributed by atoms with E-state index in [2.05, 4.69) is 10.6 Å². The third-order valence-electron chi connectivity index (χ3n) is 7.93. The number of nitrogens with one attached hydrogen (secondary N) is 2. The van der Waals surface area contributed by atoms with E-state index in [1.165, 1.54) is 43.5 Å². The van der Waals surface area contributed by atoms with E-state index < -0.39 is 55.8 Å². The summed E-state index contributed by atoms with van der Waals surface area (Å²) in [6.07, 6.45) is 3.96. The van der Waals surface area contributed by atoms with E-state index in [9.17, 15) is 36.0 Å². The highest BCUT2D eigenvalue weighted by Crippen LogP contribution is 2.45. The zero-order valence-corrected chi connectivity index (χ0v) is 24.3. The fourth-order valence-electron chi connectivity index (χ4n) is 5.81. The Morgan fingerprint density at radius 1 is 1.00 bits per heavy atom. The van der Waals surface area contributed by atoms with Crippen molar-refractivity contribution in [2.45, 2.75) is 29.3 Å². The summed E-state index contributed by atoms with van der Waals surface area (Å²) in [5.74, 6) is -4.49. The first-order valence-corrected chi connectivity index (χ1v) is 15.1. The van der Waals surface area contributed by atoms with Gasteiger partial charge in [0.05, 0.1) is 29.9 Å². The van der Waals surface area contributed by atoms with Crippen LogP contribution in [0.4, 0.5) is 23.2 Å². The van der Waals surface area contributed by atoms with Gasteiger partial charge >= 0.3 is 11.5 Å². The SMILES string of the molecule is COc1cc(F)c(-c2ccc(CC(=O)O)cc2)cc1C(=O)NC1C2C=CC(C2)C1C(=O)Nc1cccc(S(=O)(=O)C(F)(F)F)c1. The van der Waals surface area contributed by atoms with Crippen LogP contribution in [0, 0.1) is 23.6 Å². The number of sulfone groups is 1. The molecule has 0 aliphatic heterocycles. The van der Waals surface area contributed by atoms with Gasteiger partial charge in [0.15, 0.2) is 0 Å². The summed E-state index contributed by atoms with van der Waals surface area (Å²) in [6.45, 7) is 0. The average molecular weight is 647 g/mol. The summed E-state index contributed by atoms with van der Waals surface area (Å²) in [5.41, 5.74) is -4.78. The number of alkyl halides is 3. The number of carbonyl (C=O) groups excluding carboxylic acids is 2. The van der Waals surface area contributed by atoms with Crippen molar-refractivity contribution >= 4 is 33.3 Å². The molecule has 45 heavy (non-hydrogen) atoms. The fourth-order valence-corrected chi connectivity index (χ4v) is 6.61. The largest absolute Gasteiger partial charge is 0.501 e. The Hall–Kier alpha value is -4.72. The van der Waals surface area contributed by atoms with Crippen molar-refractivity contribution in [3.8, 4) is 16.9 Å². The van der Waals surface area contributed by atoms with Gasteiger partial charge in [0.1, 0.15) is 11.6 Å². The minimum atomic E-state index is -5.64. The number of aliphatic carboxylic acids is 1. The van der Waals surface area contributed by atoms with Crippen LogP contribution < -0.4 is 15.4 Å². The monoisotopic (exact) mass is 646 g/mol. The van der Waals surface area contributed by atoms with Gasteiger partial charge in [-0.1, -0.05) is 42.5 Å². The van der Waals surface area contributed by atoms with Crippen molar-refractivity contribution < 1.29 is 50.2 Å². The molecule has 5 rings (SSSR count). The topological polar surface area (TPSA) is 139 Å². The molecule has 3 aromatic carbocycles. The maximum absolute atomic E-state index is 15.1. The van der Waals surface area contributed by atoms with Crippen molar-refractivity contribution in [2.75, 3.05) is 12.4 Å². The van der Waals surface area contributed by atoms with Gasteiger partial charge in [0, 0.05) is 23.4 Å². The van der Waals surface area contributed by atoms with E-state index in [-0.39, 0.29) is 40.8 Å². The Balaban J connectivity index is 1.39. The number of fused-ring (bicyclic) bond motifs is 2. The van der Waals surface area contributed by atoms with Gasteiger partial charge in [-0.2, -0.15) is 13.2 Å². The van der Waals surface area contributed by atoms with Crippen molar-refractivity contribution in [1.82, 2.24) is 5.32 Å². The smallest absolute Gasteiger partial charge is 0.496 e. The van der Waals surface area contributed by atoms with Crippen LogP contribution in [-0.2, 0) is 25.8 Å². The number of halogens is 4. The zero-order valence-electron chi connectivity index (χ0n) is 23.5. The van der Waals surface area contributed by atoms with Gasteiger partial charge in [0.25, 0.3) is 15.7 Å². The van der Waals surface area contributed by atoms with E-state index in [4.69, 9.17) is 9.84 Å². The first-order chi connectivity index (χ1) is 21.2. The highest BCUT2D eigenvalue weighted by Gasteiger charge is 2.49. The second kappa shape index (κ2) is 12.0. The second-order valence-electron chi connectivity index (χ2n) is 10.7. The average Bonchev–Trinajstić information content (AvgIpc) is 3.59. The predicted molar refractivity (Wildman–Crippen MR) is 154 cm³/mol. The van der Waals surface area contributed by atoms with Gasteiger partial charge in [0.2, 0.25) is 5.91 Å². The molecule has 0 aromatic heterocycles. The molecule has 2 aliphatic rings. The third kappa shape index (κ3) is 6.27. The maximum atomic E-state index is 15.1. The molecule has 0 saturated heterocycles. The molecular formula is C31H26F4N2O7S. The van der Waals surface area contributed by atoms with Crippen molar-refractivity contribution in [3.05, 3.63) is 89.8 Å². The number of carbonyl (C=O) groups is 3. The summed E-state index contributed by atoms with van der Waals surface area (Å²) in [7, 11) is -4.38. The van der Waals surface area contributed by atoms with E-state index in [0.29, 0.717) is 17.5 Å². The molecule has 236 valence electrons. The van der Waals surface area contributed by atoms with Gasteiger partial charge in [-0.25, -0.2) is 12.8 Å². The van der Waals surface area contributed by atoms with Crippen molar-refractivity contribution in [3.63, 3.8) is 0 Å². The zero-order chi connectivity index (χ0) is 32.7. The van der Waals surface area contributed by atoms with Gasteiger partial charge in [-0.15, -0.1) is 0 Å². The minimum absolute atomic E-state index is 0.0283. The number of methoxy groups -OCH3 is 1. The highest BCUT2D eigenvalue weighted by molar-refractivity contribution is 7.92. The number of rotatable bonds is 9. The summed E-state index contributed by atoms with van der Waals surface area (Å²) < 4.78 is 83.2. The summed E-state index contributed by atoms with van der Waals surface area (Å²) in [4.78, 5) is 37.0. The van der Waals surface area contributed by atoms with E-state index in [1.807, 2.05) is 12.2 Å². The van der Waals surface area contributed by atoms with Crippen molar-refractivity contribution in [1.29, 1.82) is 0 Å². The first-order valence-electron chi connectivity index (χ1n) is 13.6. The van der Waals surface area contributed by atoms with Crippen LogP contribution in [0.3, 0.4) is 0 Å². The Morgan fingerprint density at radius 2 is 1.69 bits per heavy atom. The number of ether oxygens (including phenoxy) is 1. The number of allylic oxidation sites excluding steroid dienone is 1. The Bertz CT molecular complexity index is 1810. The number of carboxylic acids is 1. The van der Waals surface area contributed by atoms with Crippen LogP contribution in [0.2, 0.25) is 0 Å². The molecule has 0 heterocycles. The molecule has 4 unspecified atom stereocenters. The molecular weight excluding hydrogens is 620 g/mol. The molecule has 3 aromatic rings. The molecule has 2 amide bonds. The summed E-state index contributed by atoms with van der Waals surface area (Å²) >= 11 is 0. The maximum Gasteiger partial charge on any atom is 0.501 e. The summed E-state index contributed by atoms with van der Waals surface area (Å²) in [5, 5.41) is 14.3. The highest BCUT2D eigenvalue weighted by atomic mass is 32.2. The normalized spacial score (nSPS) is 20.6. The number of hydrogen-bond donors (Lipinski definition) is 3. The first kappa shape index (κ1) is 31.7. The molecule has 0 spiro atoms. The Labute approximate surface area is 254 Å². The molecule has 4 atom stereocenters. The number of anilines is 1. The molecule has 9 nitrogen and oxygen atoms in total. The summed E-state index contributed by atoms with van der Waals surface area (Å²) in [6, 6.07) is 11.5. The molecule has 2 bridgehead atoms. The van der Waals surface area contributed by atoms with Crippen LogP contribution in [-0.4, -0.2) is 50.0 Å². The lowest BCUT2D eigenvalue weighted by Gasteiger charge is -2.28. The fraction of sp³-hybridized carbons (Fsp3) is 0.258. The van der Waals surface area contributed by atoms with E-state index in [0.717, 1.165) is 24.3 Å². The Kier molecular flexibility index (Phi) is 8.45. The molecule has 1 saturated carbocycles. The lowest BCUT2D eigenvalue weighted by molar-refractivity contribution is -0.136. The van der Waals surface area contributed by atoms with Crippen molar-refractivity contribution in [2.24, 2.45) is 17.8 Å². The quantitative estimate of drug-likeness (QED) is 0.220. The van der Waals surface area contributed by atoms with E-state index >= 15 is 4.39 Å². The van der Waals surface area contributed by atoms with Crippen LogP contribution in [0.5, 0.6) is 5.75 Å². The molecule has 1 fully saturated rings. The Morgan fingerprint density at radius 3 is 2.33 bits per heavy atom. The van der Waals surface area contributed by atoms with Crippen LogP contribution in [0.25, 0.3) is 11.1 Å². The lowest BCUT2D eigenvalue weighted by atomic mass is 9.87. The van der Waals surface area contributed by atoms with Gasteiger partial charge < -0.3 is 20.5 Å². The van der Waals surface area contributed by atoms with Gasteiger partial charge in [-0.3, -0.25) is 14.4 Å². The minimum Gasteiger partial charge on any atom is -0.496 e.